The smallest absolute Gasteiger partial charge is 0.225 e. The van der Waals surface area contributed by atoms with Crippen LogP contribution < -0.4 is 4.90 Å². The van der Waals surface area contributed by atoms with Gasteiger partial charge < -0.3 is 9.80 Å². The lowest BCUT2D eigenvalue weighted by Crippen LogP contribution is -2.42. The number of hydrogen-bond acceptors (Lipinski definition) is 3. The lowest BCUT2D eigenvalue weighted by Gasteiger charge is -2.36. The van der Waals surface area contributed by atoms with Crippen molar-refractivity contribution in [3.63, 3.8) is 0 Å². The number of aryl methyl sites for hydroxylation is 1. The first-order valence-electron chi connectivity index (χ1n) is 8.66. The molecule has 2 fully saturated rings. The zero-order chi connectivity index (χ0) is 16.4. The Morgan fingerprint density at radius 1 is 1.35 bits per heavy atom. The molecule has 0 radical (unpaired) electrons. The van der Waals surface area contributed by atoms with E-state index < -0.39 is 0 Å². The Hall–Kier alpha value is -1.10. The van der Waals surface area contributed by atoms with Gasteiger partial charge in [0.1, 0.15) is 5.82 Å². The van der Waals surface area contributed by atoms with Crippen LogP contribution in [0.15, 0.2) is 16.7 Å². The summed E-state index contributed by atoms with van der Waals surface area (Å²) >= 11 is 3.47. The zero-order valence-electron chi connectivity index (χ0n) is 14.1. The van der Waals surface area contributed by atoms with Crippen LogP contribution in [-0.4, -0.2) is 42.5 Å². The van der Waals surface area contributed by atoms with Gasteiger partial charge in [0.15, 0.2) is 0 Å². The molecule has 1 aromatic rings. The summed E-state index contributed by atoms with van der Waals surface area (Å²) in [5.41, 5.74) is 1.22. The highest BCUT2D eigenvalue weighted by Crippen LogP contribution is 2.29. The van der Waals surface area contributed by atoms with Crippen molar-refractivity contribution in [2.24, 2.45) is 11.8 Å². The number of pyridine rings is 1. The molecule has 0 aromatic carbocycles. The number of hydrogen-bond donors (Lipinski definition) is 0. The molecule has 1 saturated carbocycles. The zero-order valence-corrected chi connectivity index (χ0v) is 15.7. The molecular weight excluding hydrogens is 354 g/mol. The number of rotatable bonds is 4. The van der Waals surface area contributed by atoms with E-state index in [2.05, 4.69) is 38.8 Å². The first-order valence-corrected chi connectivity index (χ1v) is 9.46. The van der Waals surface area contributed by atoms with Crippen molar-refractivity contribution in [2.75, 3.05) is 31.6 Å². The van der Waals surface area contributed by atoms with Gasteiger partial charge in [-0.15, -0.1) is 0 Å². The van der Waals surface area contributed by atoms with Crippen LogP contribution >= 0.6 is 15.9 Å². The Labute approximate surface area is 147 Å². The number of amides is 1. The first-order chi connectivity index (χ1) is 11.0. The molecule has 23 heavy (non-hydrogen) atoms. The Morgan fingerprint density at radius 2 is 2.04 bits per heavy atom. The molecule has 4 nitrogen and oxygen atoms in total. The number of carbonyl (C=O) groups is 1. The number of aromatic nitrogens is 1. The van der Waals surface area contributed by atoms with Crippen molar-refractivity contribution >= 4 is 27.7 Å². The minimum absolute atomic E-state index is 0.315. The lowest BCUT2D eigenvalue weighted by atomic mass is 9.84. The largest absolute Gasteiger partial charge is 0.356 e. The van der Waals surface area contributed by atoms with Crippen LogP contribution in [0.25, 0.3) is 0 Å². The van der Waals surface area contributed by atoms with Crippen LogP contribution in [0.3, 0.4) is 0 Å². The maximum Gasteiger partial charge on any atom is 0.225 e. The summed E-state index contributed by atoms with van der Waals surface area (Å²) in [4.78, 5) is 21.2. The Bertz CT molecular complexity index is 565. The highest BCUT2D eigenvalue weighted by Gasteiger charge is 2.30. The number of carbonyl (C=O) groups excluding carboxylic acids is 1. The van der Waals surface area contributed by atoms with Crippen LogP contribution in [-0.2, 0) is 4.79 Å². The maximum absolute atomic E-state index is 12.3. The van der Waals surface area contributed by atoms with Crippen LogP contribution in [0, 0.1) is 18.8 Å². The van der Waals surface area contributed by atoms with Crippen molar-refractivity contribution in [2.45, 2.75) is 39.0 Å². The van der Waals surface area contributed by atoms with E-state index in [-0.39, 0.29) is 0 Å². The van der Waals surface area contributed by atoms with E-state index in [0.717, 1.165) is 55.6 Å². The van der Waals surface area contributed by atoms with Gasteiger partial charge in [-0.3, -0.25) is 4.79 Å². The first kappa shape index (κ1) is 16.7. The molecule has 0 bridgehead atoms. The van der Waals surface area contributed by atoms with Crippen molar-refractivity contribution in [3.8, 4) is 0 Å². The van der Waals surface area contributed by atoms with E-state index in [4.69, 9.17) is 0 Å². The standard InChI is InChI=1S/C18H26BrN3O/c1-13-10-16(19)11-20-17(13)22-8-6-14(7-9-22)12-21(2)18(23)15-4-3-5-15/h10-11,14-15H,3-9,12H2,1-2H3. The third kappa shape index (κ3) is 3.87. The van der Waals surface area contributed by atoms with Crippen LogP contribution in [0.2, 0.25) is 0 Å². The Balaban J connectivity index is 1.51. The number of piperidine rings is 1. The van der Waals surface area contributed by atoms with Crippen molar-refractivity contribution in [1.29, 1.82) is 0 Å². The average Bonchev–Trinajstić information content (AvgIpc) is 2.46. The van der Waals surface area contributed by atoms with E-state index in [0.29, 0.717) is 17.7 Å². The fourth-order valence-corrected chi connectivity index (χ4v) is 4.08. The van der Waals surface area contributed by atoms with Crippen LogP contribution in [0.1, 0.15) is 37.7 Å². The van der Waals surface area contributed by atoms with Crippen molar-refractivity contribution in [3.05, 3.63) is 22.3 Å². The van der Waals surface area contributed by atoms with Crippen LogP contribution in [0.4, 0.5) is 5.82 Å². The van der Waals surface area contributed by atoms with Gasteiger partial charge in [0.25, 0.3) is 0 Å². The Kier molecular flexibility index (Phi) is 5.24. The predicted molar refractivity (Wildman–Crippen MR) is 96.6 cm³/mol. The summed E-state index contributed by atoms with van der Waals surface area (Å²) in [5, 5.41) is 0. The monoisotopic (exact) mass is 379 g/mol. The van der Waals surface area contributed by atoms with Gasteiger partial charge in [-0.1, -0.05) is 6.42 Å². The van der Waals surface area contributed by atoms with E-state index in [1.165, 1.54) is 12.0 Å². The molecule has 1 saturated heterocycles. The van der Waals surface area contributed by atoms with Gasteiger partial charge in [-0.05, 0) is 66.1 Å². The van der Waals surface area contributed by atoms with E-state index >= 15 is 0 Å². The SMILES string of the molecule is Cc1cc(Br)cnc1N1CCC(CN(C)C(=O)C2CCC2)CC1. The number of nitrogens with zero attached hydrogens (tertiary/aromatic N) is 3. The molecule has 1 aliphatic carbocycles. The van der Waals surface area contributed by atoms with E-state index in [9.17, 15) is 4.79 Å². The predicted octanol–water partition coefficient (Wildman–Crippen LogP) is 3.63. The second-order valence-electron chi connectivity index (χ2n) is 7.07. The van der Waals surface area contributed by atoms with Gasteiger partial charge in [0.05, 0.1) is 0 Å². The average molecular weight is 380 g/mol. The summed E-state index contributed by atoms with van der Waals surface area (Å²) < 4.78 is 1.03. The van der Waals surface area contributed by atoms with Gasteiger partial charge in [0.2, 0.25) is 5.91 Å². The second-order valence-corrected chi connectivity index (χ2v) is 7.99. The molecule has 1 amide bonds. The highest BCUT2D eigenvalue weighted by molar-refractivity contribution is 9.10. The highest BCUT2D eigenvalue weighted by atomic mass is 79.9. The molecule has 0 unspecified atom stereocenters. The van der Waals surface area contributed by atoms with Crippen molar-refractivity contribution < 1.29 is 4.79 Å². The minimum Gasteiger partial charge on any atom is -0.356 e. The third-order valence-electron chi connectivity index (χ3n) is 5.29. The van der Waals surface area contributed by atoms with Gasteiger partial charge >= 0.3 is 0 Å². The topological polar surface area (TPSA) is 36.4 Å². The van der Waals surface area contributed by atoms with E-state index in [1.54, 1.807) is 0 Å². The maximum atomic E-state index is 12.3. The minimum atomic E-state index is 0.315. The second kappa shape index (κ2) is 7.20. The summed E-state index contributed by atoms with van der Waals surface area (Å²) in [5.74, 6) is 2.40. The molecule has 0 N–H and O–H groups in total. The van der Waals surface area contributed by atoms with Crippen molar-refractivity contribution in [1.82, 2.24) is 9.88 Å². The fourth-order valence-electron chi connectivity index (χ4n) is 3.64. The molecule has 1 aromatic heterocycles. The Morgan fingerprint density at radius 3 is 2.61 bits per heavy atom. The van der Waals surface area contributed by atoms with Gasteiger partial charge in [-0.25, -0.2) is 4.98 Å². The molecule has 2 heterocycles. The van der Waals surface area contributed by atoms with Gasteiger partial charge in [-0.2, -0.15) is 0 Å². The summed E-state index contributed by atoms with van der Waals surface area (Å²) in [6.07, 6.45) is 7.56. The number of halogens is 1. The molecule has 2 aliphatic rings. The summed E-state index contributed by atoms with van der Waals surface area (Å²) in [6.45, 7) is 5.09. The fraction of sp³-hybridized carbons (Fsp3) is 0.667. The van der Waals surface area contributed by atoms with Crippen LogP contribution in [0.5, 0.6) is 0 Å². The lowest BCUT2D eigenvalue weighted by molar-refractivity contribution is -0.137. The quantitative estimate of drug-likeness (QED) is 0.801. The molecule has 5 heteroatoms. The molecule has 126 valence electrons. The molecule has 0 atom stereocenters. The number of anilines is 1. The molecule has 0 spiro atoms. The normalized spacial score (nSPS) is 19.5. The summed E-state index contributed by atoms with van der Waals surface area (Å²) in [7, 11) is 1.98. The third-order valence-corrected chi connectivity index (χ3v) is 5.73. The molecule has 3 rings (SSSR count). The van der Waals surface area contributed by atoms with E-state index in [1.807, 2.05) is 18.1 Å². The summed E-state index contributed by atoms with van der Waals surface area (Å²) in [6, 6.07) is 2.12. The van der Waals surface area contributed by atoms with Gasteiger partial charge in [0, 0.05) is 43.3 Å². The molecule has 1 aliphatic heterocycles. The molecular formula is C18H26BrN3O.